The average Bonchev–Trinajstić information content (AvgIpc) is 2.77. The number of hydrogen-bond donors (Lipinski definition) is 1. The molecule has 1 heterocycles. The zero-order valence-electron chi connectivity index (χ0n) is 11.6. The quantitative estimate of drug-likeness (QED) is 0.909. The number of nitrogens with zero attached hydrogens (tertiary/aromatic N) is 3. The predicted molar refractivity (Wildman–Crippen MR) is 72.8 cm³/mol. The van der Waals surface area contributed by atoms with E-state index in [2.05, 4.69) is 5.10 Å². The molecule has 1 aromatic carbocycles. The Hall–Kier alpha value is -1.79. The highest BCUT2D eigenvalue weighted by Crippen LogP contribution is 2.18. The molecule has 2 aromatic rings. The molecule has 108 valence electrons. The van der Waals surface area contributed by atoms with Gasteiger partial charge in [-0.1, -0.05) is 12.1 Å². The maximum Gasteiger partial charge on any atom is 0.163 e. The lowest BCUT2D eigenvalue weighted by Crippen LogP contribution is -2.29. The van der Waals surface area contributed by atoms with Crippen LogP contribution in [-0.4, -0.2) is 28.3 Å². The van der Waals surface area contributed by atoms with Gasteiger partial charge in [-0.25, -0.2) is 8.78 Å². The van der Waals surface area contributed by atoms with Gasteiger partial charge in [0, 0.05) is 43.5 Å². The fourth-order valence-electron chi connectivity index (χ4n) is 2.17. The first kappa shape index (κ1) is 14.6. The van der Waals surface area contributed by atoms with Gasteiger partial charge in [-0.2, -0.15) is 5.10 Å². The molecule has 0 aliphatic rings. The number of halogens is 2. The van der Waals surface area contributed by atoms with Crippen molar-refractivity contribution in [2.24, 2.45) is 12.8 Å². The summed E-state index contributed by atoms with van der Waals surface area (Å²) in [4.78, 5) is 1.95. The van der Waals surface area contributed by atoms with E-state index in [0.29, 0.717) is 13.1 Å². The van der Waals surface area contributed by atoms with Crippen molar-refractivity contribution >= 4 is 0 Å². The number of nitrogens with two attached hydrogens (primary N) is 1. The molecule has 1 aromatic heterocycles. The van der Waals surface area contributed by atoms with Crippen LogP contribution >= 0.6 is 0 Å². The number of hydrogen-bond acceptors (Lipinski definition) is 3. The summed E-state index contributed by atoms with van der Waals surface area (Å²) in [5.41, 5.74) is 7.20. The lowest BCUT2D eigenvalue weighted by atomic mass is 10.1. The van der Waals surface area contributed by atoms with E-state index in [1.807, 2.05) is 25.2 Å². The predicted octanol–water partition coefficient (Wildman–Crippen LogP) is 1.83. The van der Waals surface area contributed by atoms with Crippen LogP contribution in [0.1, 0.15) is 17.2 Å². The molecular weight excluding hydrogens is 262 g/mol. The van der Waals surface area contributed by atoms with Gasteiger partial charge in [0.05, 0.1) is 6.20 Å². The first-order valence-corrected chi connectivity index (χ1v) is 6.33. The lowest BCUT2D eigenvalue weighted by Gasteiger charge is -2.21. The maximum atomic E-state index is 13.6. The van der Waals surface area contributed by atoms with Gasteiger partial charge in [0.2, 0.25) is 0 Å². The van der Waals surface area contributed by atoms with Gasteiger partial charge in [0.15, 0.2) is 11.6 Å². The highest BCUT2D eigenvalue weighted by Gasteiger charge is 2.16. The van der Waals surface area contributed by atoms with Crippen molar-refractivity contribution in [2.45, 2.75) is 12.6 Å². The van der Waals surface area contributed by atoms with Crippen LogP contribution < -0.4 is 5.73 Å². The second-order valence-electron chi connectivity index (χ2n) is 4.97. The summed E-state index contributed by atoms with van der Waals surface area (Å²) in [7, 11) is 3.72. The van der Waals surface area contributed by atoms with Crippen LogP contribution in [0, 0.1) is 11.6 Å². The molecule has 1 unspecified atom stereocenters. The molecule has 1 atom stereocenters. The normalized spacial score (nSPS) is 12.9. The SMILES string of the molecule is CN(Cc1cnn(C)c1)CC(N)c1cccc(F)c1F. The first-order valence-electron chi connectivity index (χ1n) is 6.33. The third kappa shape index (κ3) is 3.40. The summed E-state index contributed by atoms with van der Waals surface area (Å²) in [5, 5.41) is 4.08. The van der Waals surface area contributed by atoms with Gasteiger partial charge in [-0.05, 0) is 13.1 Å². The van der Waals surface area contributed by atoms with E-state index in [4.69, 9.17) is 5.73 Å². The molecule has 0 saturated heterocycles. The Kier molecular flexibility index (Phi) is 4.46. The third-order valence-electron chi connectivity index (χ3n) is 3.10. The Balaban J connectivity index is 2.00. The summed E-state index contributed by atoms with van der Waals surface area (Å²) < 4.78 is 28.5. The molecule has 0 aliphatic carbocycles. The van der Waals surface area contributed by atoms with E-state index in [-0.39, 0.29) is 5.56 Å². The highest BCUT2D eigenvalue weighted by molar-refractivity contribution is 5.22. The summed E-state index contributed by atoms with van der Waals surface area (Å²) in [6, 6.07) is 3.49. The topological polar surface area (TPSA) is 47.1 Å². The van der Waals surface area contributed by atoms with Crippen molar-refractivity contribution in [1.82, 2.24) is 14.7 Å². The van der Waals surface area contributed by atoms with E-state index in [9.17, 15) is 8.78 Å². The molecule has 0 amide bonds. The monoisotopic (exact) mass is 280 g/mol. The third-order valence-corrected chi connectivity index (χ3v) is 3.10. The van der Waals surface area contributed by atoms with Crippen LogP contribution in [0.3, 0.4) is 0 Å². The Bertz CT molecular complexity index is 582. The molecule has 2 N–H and O–H groups in total. The van der Waals surface area contributed by atoms with Crippen molar-refractivity contribution in [3.8, 4) is 0 Å². The summed E-state index contributed by atoms with van der Waals surface area (Å²) in [5.74, 6) is -1.73. The molecule has 6 heteroatoms. The van der Waals surface area contributed by atoms with Gasteiger partial charge in [-0.3, -0.25) is 4.68 Å². The molecule has 0 spiro atoms. The molecular formula is C14H18F2N4. The van der Waals surface area contributed by atoms with Crippen molar-refractivity contribution in [2.75, 3.05) is 13.6 Å². The fraction of sp³-hybridized carbons (Fsp3) is 0.357. The fourth-order valence-corrected chi connectivity index (χ4v) is 2.17. The summed E-state index contributed by atoms with van der Waals surface area (Å²) in [6.07, 6.45) is 3.68. The zero-order valence-corrected chi connectivity index (χ0v) is 11.6. The second kappa shape index (κ2) is 6.11. The van der Waals surface area contributed by atoms with Crippen molar-refractivity contribution < 1.29 is 8.78 Å². The minimum atomic E-state index is -0.868. The zero-order chi connectivity index (χ0) is 14.7. The van der Waals surface area contributed by atoms with Crippen LogP contribution in [0.15, 0.2) is 30.6 Å². The Morgan fingerprint density at radius 3 is 2.80 bits per heavy atom. The summed E-state index contributed by atoms with van der Waals surface area (Å²) in [6.45, 7) is 1.08. The average molecular weight is 280 g/mol. The molecule has 20 heavy (non-hydrogen) atoms. The lowest BCUT2D eigenvalue weighted by molar-refractivity contribution is 0.301. The minimum Gasteiger partial charge on any atom is -0.323 e. The van der Waals surface area contributed by atoms with Gasteiger partial charge in [0.1, 0.15) is 0 Å². The second-order valence-corrected chi connectivity index (χ2v) is 4.97. The standard InChI is InChI=1S/C14H18F2N4/c1-19(7-10-6-18-20(2)8-10)9-13(17)11-4-3-5-12(15)14(11)16/h3-6,8,13H,7,9,17H2,1-2H3. The molecule has 0 bridgehead atoms. The largest absolute Gasteiger partial charge is 0.323 e. The Labute approximate surface area is 116 Å². The molecule has 0 radical (unpaired) electrons. The smallest absolute Gasteiger partial charge is 0.163 e. The number of aryl methyl sites for hydroxylation is 1. The number of rotatable bonds is 5. The van der Waals surface area contributed by atoms with Gasteiger partial charge in [0.25, 0.3) is 0 Å². The number of likely N-dealkylation sites (N-methyl/N-ethyl adjacent to an activating group) is 1. The summed E-state index contributed by atoms with van der Waals surface area (Å²) >= 11 is 0. The molecule has 2 rings (SSSR count). The number of benzene rings is 1. The molecule has 4 nitrogen and oxygen atoms in total. The van der Waals surface area contributed by atoms with Crippen LogP contribution in [0.5, 0.6) is 0 Å². The van der Waals surface area contributed by atoms with E-state index >= 15 is 0 Å². The van der Waals surface area contributed by atoms with E-state index in [0.717, 1.165) is 11.6 Å². The van der Waals surface area contributed by atoms with Crippen molar-refractivity contribution in [1.29, 1.82) is 0 Å². The van der Waals surface area contributed by atoms with Crippen LogP contribution in [0.2, 0.25) is 0 Å². The first-order chi connectivity index (χ1) is 9.47. The van der Waals surface area contributed by atoms with Crippen molar-refractivity contribution in [3.63, 3.8) is 0 Å². The minimum absolute atomic E-state index is 0.197. The Morgan fingerprint density at radius 2 is 2.15 bits per heavy atom. The van der Waals surface area contributed by atoms with Gasteiger partial charge < -0.3 is 10.6 Å². The van der Waals surface area contributed by atoms with E-state index in [1.165, 1.54) is 12.1 Å². The van der Waals surface area contributed by atoms with E-state index < -0.39 is 17.7 Å². The van der Waals surface area contributed by atoms with Gasteiger partial charge >= 0.3 is 0 Å². The molecule has 0 aliphatic heterocycles. The van der Waals surface area contributed by atoms with E-state index in [1.54, 1.807) is 10.9 Å². The van der Waals surface area contributed by atoms with Crippen LogP contribution in [0.4, 0.5) is 8.78 Å². The highest BCUT2D eigenvalue weighted by atomic mass is 19.2. The Morgan fingerprint density at radius 1 is 1.40 bits per heavy atom. The number of aromatic nitrogens is 2. The van der Waals surface area contributed by atoms with Crippen LogP contribution in [0.25, 0.3) is 0 Å². The molecule has 0 fully saturated rings. The molecule has 0 saturated carbocycles. The van der Waals surface area contributed by atoms with Crippen LogP contribution in [-0.2, 0) is 13.6 Å². The van der Waals surface area contributed by atoms with Crippen molar-refractivity contribution in [3.05, 3.63) is 53.4 Å². The maximum absolute atomic E-state index is 13.6. The van der Waals surface area contributed by atoms with Gasteiger partial charge in [-0.15, -0.1) is 0 Å².